The highest BCUT2D eigenvalue weighted by Gasteiger charge is 2.28. The number of fused-ring (bicyclic) bond motifs is 1. The molecule has 5 nitrogen and oxygen atoms in total. The van der Waals surface area contributed by atoms with E-state index < -0.39 is 0 Å². The van der Waals surface area contributed by atoms with Crippen molar-refractivity contribution in [2.75, 3.05) is 27.3 Å². The summed E-state index contributed by atoms with van der Waals surface area (Å²) in [5, 5.41) is 5.58. The molecule has 4 rings (SSSR count). The summed E-state index contributed by atoms with van der Waals surface area (Å²) >= 11 is 0. The molecule has 1 saturated heterocycles. The molecule has 1 N–H and O–H groups in total. The normalized spacial score (nSPS) is 16.5. The van der Waals surface area contributed by atoms with Gasteiger partial charge in [-0.3, -0.25) is 9.69 Å². The molecule has 0 saturated carbocycles. The molecule has 0 bridgehead atoms. The predicted octanol–water partition coefficient (Wildman–Crippen LogP) is 4.31. The fourth-order valence-corrected chi connectivity index (χ4v) is 4.34. The van der Waals surface area contributed by atoms with Crippen LogP contribution in [-0.4, -0.2) is 38.1 Å². The molecule has 1 atom stereocenters. The van der Waals surface area contributed by atoms with Crippen molar-refractivity contribution in [3.8, 4) is 11.5 Å². The van der Waals surface area contributed by atoms with Gasteiger partial charge in [0.05, 0.1) is 20.8 Å². The van der Waals surface area contributed by atoms with Crippen LogP contribution in [0.2, 0.25) is 0 Å². The molecule has 156 valence electrons. The van der Waals surface area contributed by atoms with Crippen molar-refractivity contribution < 1.29 is 14.3 Å². The van der Waals surface area contributed by atoms with E-state index >= 15 is 0 Å². The van der Waals surface area contributed by atoms with Crippen molar-refractivity contribution >= 4 is 16.7 Å². The Bertz CT molecular complexity index is 1030. The molecule has 3 aromatic rings. The number of methoxy groups -OCH3 is 2. The number of nitrogens with one attached hydrogen (secondary N) is 1. The first-order valence-corrected chi connectivity index (χ1v) is 10.4. The van der Waals surface area contributed by atoms with Crippen LogP contribution in [0.1, 0.15) is 30.0 Å². The van der Waals surface area contributed by atoms with Crippen molar-refractivity contribution in [3.05, 3.63) is 71.8 Å². The van der Waals surface area contributed by atoms with Crippen LogP contribution in [0.15, 0.2) is 60.7 Å². The van der Waals surface area contributed by atoms with Gasteiger partial charge in [0, 0.05) is 12.6 Å². The third kappa shape index (κ3) is 4.26. The molecule has 5 heteroatoms. The maximum atomic E-state index is 12.7. The minimum Gasteiger partial charge on any atom is -0.493 e. The smallest absolute Gasteiger partial charge is 0.234 e. The van der Waals surface area contributed by atoms with Crippen LogP contribution in [-0.2, 0) is 11.3 Å². The number of amides is 1. The summed E-state index contributed by atoms with van der Waals surface area (Å²) < 4.78 is 10.6. The Balaban J connectivity index is 1.41. The third-order valence-corrected chi connectivity index (χ3v) is 5.83. The molecule has 0 aliphatic carbocycles. The van der Waals surface area contributed by atoms with Crippen molar-refractivity contribution in [3.63, 3.8) is 0 Å². The molecule has 0 radical (unpaired) electrons. The highest BCUT2D eigenvalue weighted by Crippen LogP contribution is 2.35. The molecular formula is C25H28N2O3. The van der Waals surface area contributed by atoms with E-state index in [1.165, 1.54) is 16.3 Å². The van der Waals surface area contributed by atoms with Gasteiger partial charge in [0.25, 0.3) is 0 Å². The zero-order valence-electron chi connectivity index (χ0n) is 17.6. The van der Waals surface area contributed by atoms with Gasteiger partial charge in [-0.15, -0.1) is 0 Å². The number of benzene rings is 3. The van der Waals surface area contributed by atoms with Crippen LogP contribution < -0.4 is 14.8 Å². The van der Waals surface area contributed by atoms with Gasteiger partial charge in [0.2, 0.25) is 5.91 Å². The third-order valence-electron chi connectivity index (χ3n) is 5.83. The first kappa shape index (κ1) is 20.2. The van der Waals surface area contributed by atoms with Crippen LogP contribution in [0.5, 0.6) is 11.5 Å². The molecular weight excluding hydrogens is 376 g/mol. The molecule has 1 amide bonds. The SMILES string of the molecule is COc1ccc(CNC(=O)CN2CCCC2c2cccc3ccccc23)cc1OC. The van der Waals surface area contributed by atoms with Crippen molar-refractivity contribution in [2.24, 2.45) is 0 Å². The van der Waals surface area contributed by atoms with Crippen molar-refractivity contribution in [1.82, 2.24) is 10.2 Å². The summed E-state index contributed by atoms with van der Waals surface area (Å²) in [4.78, 5) is 15.0. The second kappa shape index (κ2) is 9.18. The van der Waals surface area contributed by atoms with Gasteiger partial charge >= 0.3 is 0 Å². The maximum absolute atomic E-state index is 12.7. The lowest BCUT2D eigenvalue weighted by Crippen LogP contribution is -2.36. The molecule has 0 spiro atoms. The average Bonchev–Trinajstić information content (AvgIpc) is 3.24. The number of nitrogens with zero attached hydrogens (tertiary/aromatic N) is 1. The van der Waals surface area contributed by atoms with Gasteiger partial charge in [-0.25, -0.2) is 0 Å². The van der Waals surface area contributed by atoms with Crippen LogP contribution in [0, 0.1) is 0 Å². The minimum atomic E-state index is 0.0388. The Morgan fingerprint density at radius 1 is 1.03 bits per heavy atom. The average molecular weight is 405 g/mol. The highest BCUT2D eigenvalue weighted by molar-refractivity contribution is 5.86. The molecule has 1 aliphatic rings. The second-order valence-corrected chi connectivity index (χ2v) is 7.66. The zero-order valence-corrected chi connectivity index (χ0v) is 17.6. The molecule has 1 aliphatic heterocycles. The van der Waals surface area contributed by atoms with Crippen molar-refractivity contribution in [2.45, 2.75) is 25.4 Å². The first-order valence-electron chi connectivity index (χ1n) is 10.4. The summed E-state index contributed by atoms with van der Waals surface area (Å²) in [6, 6.07) is 20.9. The van der Waals surface area contributed by atoms with Gasteiger partial charge in [0.15, 0.2) is 11.5 Å². The molecule has 0 aromatic heterocycles. The quantitative estimate of drug-likeness (QED) is 0.638. The highest BCUT2D eigenvalue weighted by atomic mass is 16.5. The summed E-state index contributed by atoms with van der Waals surface area (Å²) in [5.74, 6) is 1.39. The van der Waals surface area contributed by atoms with Gasteiger partial charge in [-0.1, -0.05) is 48.5 Å². The Morgan fingerprint density at radius 3 is 2.67 bits per heavy atom. The van der Waals surface area contributed by atoms with Gasteiger partial charge < -0.3 is 14.8 Å². The van der Waals surface area contributed by atoms with E-state index in [4.69, 9.17) is 9.47 Å². The summed E-state index contributed by atoms with van der Waals surface area (Å²) in [6.07, 6.45) is 2.19. The largest absolute Gasteiger partial charge is 0.493 e. The number of ether oxygens (including phenoxy) is 2. The summed E-state index contributed by atoms with van der Waals surface area (Å²) in [5.41, 5.74) is 2.30. The van der Waals surface area contributed by atoms with Crippen LogP contribution in [0.4, 0.5) is 0 Å². The standard InChI is InChI=1S/C25H28N2O3/c1-29-23-13-12-18(15-24(23)30-2)16-26-25(28)17-27-14-6-11-22(27)21-10-5-8-19-7-3-4-9-20(19)21/h3-5,7-10,12-13,15,22H,6,11,14,16-17H2,1-2H3,(H,26,28). The van der Waals surface area contributed by atoms with E-state index in [9.17, 15) is 4.79 Å². The Hall–Kier alpha value is -3.05. The Morgan fingerprint density at radius 2 is 1.83 bits per heavy atom. The molecule has 1 unspecified atom stereocenters. The van der Waals surface area contributed by atoms with Crippen LogP contribution in [0.25, 0.3) is 10.8 Å². The van der Waals surface area contributed by atoms with E-state index in [1.54, 1.807) is 14.2 Å². The monoisotopic (exact) mass is 404 g/mol. The number of carbonyl (C=O) groups excluding carboxylic acids is 1. The maximum Gasteiger partial charge on any atom is 0.234 e. The van der Waals surface area contributed by atoms with Crippen LogP contribution in [0.3, 0.4) is 0 Å². The first-order chi connectivity index (χ1) is 14.7. The number of carbonyl (C=O) groups is 1. The number of hydrogen-bond acceptors (Lipinski definition) is 4. The topological polar surface area (TPSA) is 50.8 Å². The van der Waals surface area contributed by atoms with Gasteiger partial charge in [-0.2, -0.15) is 0 Å². The van der Waals surface area contributed by atoms with E-state index in [0.717, 1.165) is 24.9 Å². The number of hydrogen-bond donors (Lipinski definition) is 1. The number of likely N-dealkylation sites (tertiary alicyclic amines) is 1. The fourth-order valence-electron chi connectivity index (χ4n) is 4.34. The summed E-state index contributed by atoms with van der Waals surface area (Å²) in [7, 11) is 3.22. The fraction of sp³-hybridized carbons (Fsp3) is 0.320. The minimum absolute atomic E-state index is 0.0388. The Labute approximate surface area is 177 Å². The molecule has 1 heterocycles. The summed E-state index contributed by atoms with van der Waals surface area (Å²) in [6.45, 7) is 1.81. The lowest BCUT2D eigenvalue weighted by Gasteiger charge is -2.25. The zero-order chi connectivity index (χ0) is 20.9. The van der Waals surface area contributed by atoms with Gasteiger partial charge in [-0.05, 0) is 53.4 Å². The van der Waals surface area contributed by atoms with Gasteiger partial charge in [0.1, 0.15) is 0 Å². The van der Waals surface area contributed by atoms with E-state index in [1.807, 2.05) is 18.2 Å². The lowest BCUT2D eigenvalue weighted by atomic mass is 9.97. The second-order valence-electron chi connectivity index (χ2n) is 7.66. The van der Waals surface area contributed by atoms with E-state index in [-0.39, 0.29) is 11.9 Å². The molecule has 30 heavy (non-hydrogen) atoms. The van der Waals surface area contributed by atoms with E-state index in [0.29, 0.717) is 24.6 Å². The van der Waals surface area contributed by atoms with E-state index in [2.05, 4.69) is 52.7 Å². The van der Waals surface area contributed by atoms with Crippen LogP contribution >= 0.6 is 0 Å². The lowest BCUT2D eigenvalue weighted by molar-refractivity contribution is -0.122. The predicted molar refractivity (Wildman–Crippen MR) is 119 cm³/mol. The molecule has 3 aromatic carbocycles. The Kier molecular flexibility index (Phi) is 6.19. The number of rotatable bonds is 7. The molecule has 1 fully saturated rings. The van der Waals surface area contributed by atoms with Crippen molar-refractivity contribution in [1.29, 1.82) is 0 Å².